The van der Waals surface area contributed by atoms with Crippen LogP contribution in [0.2, 0.25) is 0 Å². The second kappa shape index (κ2) is 6.91. The summed E-state index contributed by atoms with van der Waals surface area (Å²) in [5.74, 6) is 0.577. The molecule has 0 spiro atoms. The van der Waals surface area contributed by atoms with Gasteiger partial charge in [0.2, 0.25) is 5.91 Å². The van der Waals surface area contributed by atoms with Crippen molar-refractivity contribution in [2.24, 2.45) is 0 Å². The molecule has 126 valence electrons. The van der Waals surface area contributed by atoms with Crippen LogP contribution < -0.4 is 10.1 Å². The van der Waals surface area contributed by atoms with Crippen LogP contribution in [0, 0.1) is 0 Å². The maximum Gasteiger partial charge on any atom is 0.224 e. The van der Waals surface area contributed by atoms with Gasteiger partial charge < -0.3 is 15.2 Å². The van der Waals surface area contributed by atoms with Gasteiger partial charge in [-0.2, -0.15) is 0 Å². The average Bonchev–Trinajstić information content (AvgIpc) is 2.54. The number of amides is 1. The van der Waals surface area contributed by atoms with E-state index < -0.39 is 5.60 Å². The number of nitrogens with zero attached hydrogens (tertiary/aromatic N) is 1. The summed E-state index contributed by atoms with van der Waals surface area (Å²) in [6, 6.07) is 9.29. The van der Waals surface area contributed by atoms with E-state index in [1.165, 1.54) is 0 Å². The molecule has 3 rings (SSSR count). The third kappa shape index (κ3) is 3.94. The van der Waals surface area contributed by atoms with Gasteiger partial charge in [0.05, 0.1) is 30.9 Å². The zero-order valence-corrected chi connectivity index (χ0v) is 15.0. The Labute approximate surface area is 149 Å². The first-order chi connectivity index (χ1) is 11.4. The minimum atomic E-state index is -0.873. The number of rotatable bonds is 4. The molecule has 0 fully saturated rings. The quantitative estimate of drug-likeness (QED) is 0.841. The number of pyridine rings is 1. The van der Waals surface area contributed by atoms with E-state index in [1.54, 1.807) is 13.1 Å². The van der Waals surface area contributed by atoms with E-state index in [0.717, 1.165) is 21.3 Å². The van der Waals surface area contributed by atoms with E-state index in [0.29, 0.717) is 25.3 Å². The number of benzene rings is 1. The number of fused-ring (bicyclic) bond motifs is 1. The molecular formula is C18H19BrN2O3. The summed E-state index contributed by atoms with van der Waals surface area (Å²) < 4.78 is 6.52. The van der Waals surface area contributed by atoms with Gasteiger partial charge in [-0.25, -0.2) is 0 Å². The van der Waals surface area contributed by atoms with E-state index in [4.69, 9.17) is 4.74 Å². The van der Waals surface area contributed by atoms with Crippen LogP contribution in [0.4, 0.5) is 0 Å². The molecule has 1 aromatic heterocycles. The van der Waals surface area contributed by atoms with Crippen molar-refractivity contribution < 1.29 is 14.6 Å². The Balaban J connectivity index is 1.61. The van der Waals surface area contributed by atoms with Crippen LogP contribution in [-0.2, 0) is 23.4 Å². The number of halogens is 1. The molecule has 1 aliphatic heterocycles. The van der Waals surface area contributed by atoms with E-state index >= 15 is 0 Å². The zero-order valence-electron chi connectivity index (χ0n) is 13.4. The number of hydrogen-bond donors (Lipinski definition) is 2. The summed E-state index contributed by atoms with van der Waals surface area (Å²) >= 11 is 3.33. The summed E-state index contributed by atoms with van der Waals surface area (Å²) in [4.78, 5) is 16.3. The topological polar surface area (TPSA) is 71.5 Å². The van der Waals surface area contributed by atoms with Crippen LogP contribution in [0.25, 0.3) is 0 Å². The molecule has 0 aliphatic carbocycles. The molecule has 24 heavy (non-hydrogen) atoms. The Hall–Kier alpha value is -1.92. The summed E-state index contributed by atoms with van der Waals surface area (Å²) in [6.45, 7) is 2.65. The number of ether oxygens (including phenoxy) is 1. The SMILES string of the molecule is CC1(O)CCOc2cc(CC(=O)NCc3ccc(Br)cn3)ccc21. The first kappa shape index (κ1) is 16.9. The fraction of sp³-hybridized carbons (Fsp3) is 0.333. The average molecular weight is 391 g/mol. The Morgan fingerprint density at radius 1 is 1.42 bits per heavy atom. The number of nitrogens with one attached hydrogen (secondary N) is 1. The number of carbonyl (C=O) groups excluding carboxylic acids is 1. The smallest absolute Gasteiger partial charge is 0.224 e. The Bertz CT molecular complexity index is 744. The second-order valence-corrected chi connectivity index (χ2v) is 7.04. The highest BCUT2D eigenvalue weighted by molar-refractivity contribution is 9.10. The van der Waals surface area contributed by atoms with Crippen LogP contribution in [-0.4, -0.2) is 22.6 Å². The molecule has 1 aromatic carbocycles. The molecule has 1 amide bonds. The lowest BCUT2D eigenvalue weighted by Gasteiger charge is -2.31. The van der Waals surface area contributed by atoms with Crippen LogP contribution in [0.15, 0.2) is 41.0 Å². The van der Waals surface area contributed by atoms with Gasteiger partial charge in [0.25, 0.3) is 0 Å². The van der Waals surface area contributed by atoms with Gasteiger partial charge >= 0.3 is 0 Å². The maximum atomic E-state index is 12.1. The number of aromatic nitrogens is 1. The molecule has 0 saturated heterocycles. The molecule has 1 unspecified atom stereocenters. The fourth-order valence-electron chi connectivity index (χ4n) is 2.68. The van der Waals surface area contributed by atoms with Gasteiger partial charge in [-0.3, -0.25) is 9.78 Å². The van der Waals surface area contributed by atoms with Crippen molar-refractivity contribution >= 4 is 21.8 Å². The molecule has 0 radical (unpaired) electrons. The van der Waals surface area contributed by atoms with Crippen LogP contribution in [0.3, 0.4) is 0 Å². The lowest BCUT2D eigenvalue weighted by Crippen LogP contribution is -2.29. The summed E-state index contributed by atoms with van der Waals surface area (Å²) in [5.41, 5.74) is 1.56. The molecule has 1 aliphatic rings. The standard InChI is InChI=1S/C18H19BrN2O3/c1-18(23)6-7-24-16-8-12(2-5-15(16)18)9-17(22)21-11-14-4-3-13(19)10-20-14/h2-5,8,10,23H,6-7,9,11H2,1H3,(H,21,22). The Morgan fingerprint density at radius 2 is 2.25 bits per heavy atom. The van der Waals surface area contributed by atoms with Crippen molar-refractivity contribution in [3.63, 3.8) is 0 Å². The lowest BCUT2D eigenvalue weighted by atomic mass is 9.89. The summed E-state index contributed by atoms with van der Waals surface area (Å²) in [5, 5.41) is 13.2. The third-order valence-corrected chi connectivity index (χ3v) is 4.56. The monoisotopic (exact) mass is 390 g/mol. The zero-order chi connectivity index (χ0) is 17.2. The van der Waals surface area contributed by atoms with Crippen molar-refractivity contribution in [2.45, 2.75) is 31.9 Å². The molecule has 1 atom stereocenters. The highest BCUT2D eigenvalue weighted by atomic mass is 79.9. The lowest BCUT2D eigenvalue weighted by molar-refractivity contribution is -0.120. The first-order valence-electron chi connectivity index (χ1n) is 7.80. The minimum absolute atomic E-state index is 0.0813. The van der Waals surface area contributed by atoms with E-state index in [2.05, 4.69) is 26.2 Å². The third-order valence-electron chi connectivity index (χ3n) is 4.09. The number of carbonyl (C=O) groups is 1. The predicted molar refractivity (Wildman–Crippen MR) is 93.6 cm³/mol. The van der Waals surface area contributed by atoms with Crippen molar-refractivity contribution in [3.05, 3.63) is 57.8 Å². The molecule has 0 bridgehead atoms. The van der Waals surface area contributed by atoms with Crippen molar-refractivity contribution in [3.8, 4) is 5.75 Å². The minimum Gasteiger partial charge on any atom is -0.493 e. The highest BCUT2D eigenvalue weighted by Gasteiger charge is 2.30. The van der Waals surface area contributed by atoms with E-state index in [-0.39, 0.29) is 12.3 Å². The molecule has 2 N–H and O–H groups in total. The van der Waals surface area contributed by atoms with Crippen molar-refractivity contribution in [1.29, 1.82) is 0 Å². The normalized spacial score (nSPS) is 19.3. The van der Waals surface area contributed by atoms with Gasteiger partial charge in [0.15, 0.2) is 0 Å². The highest BCUT2D eigenvalue weighted by Crippen LogP contribution is 2.37. The van der Waals surface area contributed by atoms with Crippen molar-refractivity contribution in [2.75, 3.05) is 6.61 Å². The van der Waals surface area contributed by atoms with Crippen LogP contribution >= 0.6 is 15.9 Å². The largest absolute Gasteiger partial charge is 0.493 e. The predicted octanol–water partition coefficient (Wildman–Crippen LogP) is 2.69. The van der Waals surface area contributed by atoms with Gasteiger partial charge in [-0.05, 0) is 46.6 Å². The Morgan fingerprint density at radius 3 is 3.00 bits per heavy atom. The fourth-order valence-corrected chi connectivity index (χ4v) is 2.92. The molecule has 5 nitrogen and oxygen atoms in total. The van der Waals surface area contributed by atoms with Gasteiger partial charge in [-0.15, -0.1) is 0 Å². The van der Waals surface area contributed by atoms with Crippen LogP contribution in [0.1, 0.15) is 30.2 Å². The molecular weight excluding hydrogens is 372 g/mol. The maximum absolute atomic E-state index is 12.1. The van der Waals surface area contributed by atoms with E-state index in [9.17, 15) is 9.90 Å². The van der Waals surface area contributed by atoms with Crippen molar-refractivity contribution in [1.82, 2.24) is 10.3 Å². The molecule has 6 heteroatoms. The van der Waals surface area contributed by atoms with Crippen LogP contribution in [0.5, 0.6) is 5.75 Å². The summed E-state index contributed by atoms with van der Waals surface area (Å²) in [7, 11) is 0. The first-order valence-corrected chi connectivity index (χ1v) is 8.59. The summed E-state index contributed by atoms with van der Waals surface area (Å²) in [6.07, 6.45) is 2.53. The Kier molecular flexibility index (Phi) is 4.87. The number of hydrogen-bond acceptors (Lipinski definition) is 4. The van der Waals surface area contributed by atoms with E-state index in [1.807, 2.05) is 30.3 Å². The second-order valence-electron chi connectivity index (χ2n) is 6.12. The van der Waals surface area contributed by atoms with Gasteiger partial charge in [0, 0.05) is 22.7 Å². The number of aliphatic hydroxyl groups is 1. The van der Waals surface area contributed by atoms with Gasteiger partial charge in [-0.1, -0.05) is 12.1 Å². The molecule has 2 heterocycles. The van der Waals surface area contributed by atoms with Gasteiger partial charge in [0.1, 0.15) is 5.75 Å². The molecule has 2 aromatic rings. The molecule has 0 saturated carbocycles.